The van der Waals surface area contributed by atoms with Crippen molar-refractivity contribution in [2.75, 3.05) is 36.4 Å². The smallest absolute Gasteiger partial charge is 0.255 e. The fourth-order valence-electron chi connectivity index (χ4n) is 5.37. The molecule has 0 bridgehead atoms. The van der Waals surface area contributed by atoms with Gasteiger partial charge in [-0.25, -0.2) is 4.39 Å². The van der Waals surface area contributed by atoms with E-state index in [1.807, 2.05) is 54.3 Å². The van der Waals surface area contributed by atoms with Crippen LogP contribution >= 0.6 is 0 Å². The molecule has 1 atom stereocenters. The first kappa shape index (κ1) is 29.5. The average molecular weight is 579 g/mol. The number of carbonyl (C=O) groups excluding carboxylic acids is 3. The summed E-state index contributed by atoms with van der Waals surface area (Å²) in [4.78, 5) is 43.8. The van der Waals surface area contributed by atoms with E-state index in [2.05, 4.69) is 15.5 Å². The summed E-state index contributed by atoms with van der Waals surface area (Å²) in [6.45, 7) is 4.44. The molecule has 4 aromatic rings. The van der Waals surface area contributed by atoms with Crippen LogP contribution in [0.3, 0.4) is 0 Å². The molecule has 2 N–H and O–H groups in total. The summed E-state index contributed by atoms with van der Waals surface area (Å²) >= 11 is 0. The third kappa shape index (κ3) is 7.27. The van der Waals surface area contributed by atoms with Gasteiger partial charge in [0.2, 0.25) is 5.91 Å². The topological polar surface area (TPSA) is 81.8 Å². The summed E-state index contributed by atoms with van der Waals surface area (Å²) < 4.78 is 13.4. The predicted octanol–water partition coefficient (Wildman–Crippen LogP) is 5.85. The number of nitrogens with one attached hydrogen (secondary N) is 2. The Labute approximate surface area is 251 Å². The largest absolute Gasteiger partial charge is 0.367 e. The summed E-state index contributed by atoms with van der Waals surface area (Å²) in [7, 11) is 0. The molecule has 5 rings (SSSR count). The summed E-state index contributed by atoms with van der Waals surface area (Å²) in [6, 6.07) is 30.0. The van der Waals surface area contributed by atoms with Crippen molar-refractivity contribution in [2.45, 2.75) is 25.8 Å². The highest BCUT2D eigenvalue weighted by Gasteiger charge is 2.29. The third-order valence-corrected chi connectivity index (χ3v) is 7.74. The van der Waals surface area contributed by atoms with Gasteiger partial charge in [0, 0.05) is 49.7 Å². The van der Waals surface area contributed by atoms with E-state index in [-0.39, 0.29) is 36.0 Å². The minimum atomic E-state index is -0.342. The molecule has 1 fully saturated rings. The molecule has 1 aliphatic heterocycles. The molecule has 0 saturated carbocycles. The number of piperazine rings is 1. The maximum absolute atomic E-state index is 13.5. The minimum Gasteiger partial charge on any atom is -0.367 e. The number of nitrogens with zero attached hydrogens (tertiary/aromatic N) is 2. The third-order valence-electron chi connectivity index (χ3n) is 7.74. The molecule has 0 radical (unpaired) electrons. The molecule has 7 nitrogen and oxygen atoms in total. The van der Waals surface area contributed by atoms with Crippen molar-refractivity contribution in [1.82, 2.24) is 10.2 Å². The van der Waals surface area contributed by atoms with Crippen LogP contribution in [0.1, 0.15) is 51.1 Å². The Morgan fingerprint density at radius 2 is 1.44 bits per heavy atom. The average Bonchev–Trinajstić information content (AvgIpc) is 3.05. The van der Waals surface area contributed by atoms with Crippen LogP contribution in [0, 0.1) is 5.82 Å². The fourth-order valence-corrected chi connectivity index (χ4v) is 5.37. The second-order valence-electron chi connectivity index (χ2n) is 10.5. The lowest BCUT2D eigenvalue weighted by Gasteiger charge is -2.38. The lowest BCUT2D eigenvalue weighted by atomic mass is 9.94. The van der Waals surface area contributed by atoms with Gasteiger partial charge in [0.25, 0.3) is 11.8 Å². The van der Waals surface area contributed by atoms with Gasteiger partial charge in [-0.3, -0.25) is 14.4 Å². The van der Waals surface area contributed by atoms with Crippen LogP contribution in [0.5, 0.6) is 0 Å². The van der Waals surface area contributed by atoms with Gasteiger partial charge in [-0.05, 0) is 60.0 Å². The normalized spacial score (nSPS) is 13.7. The van der Waals surface area contributed by atoms with Crippen molar-refractivity contribution in [2.24, 2.45) is 0 Å². The molecule has 0 aromatic heterocycles. The van der Waals surface area contributed by atoms with Crippen molar-refractivity contribution in [3.05, 3.63) is 131 Å². The Hall–Kier alpha value is -4.98. The number of hydrogen-bond donors (Lipinski definition) is 2. The van der Waals surface area contributed by atoms with Crippen molar-refractivity contribution < 1.29 is 18.8 Å². The number of hydrogen-bond acceptors (Lipinski definition) is 4. The van der Waals surface area contributed by atoms with Gasteiger partial charge in [0.05, 0.1) is 11.5 Å². The van der Waals surface area contributed by atoms with Crippen molar-refractivity contribution in [3.63, 3.8) is 0 Å². The summed E-state index contributed by atoms with van der Waals surface area (Å²) in [5, 5.41) is 5.82. The van der Waals surface area contributed by atoms with Gasteiger partial charge in [-0.2, -0.15) is 0 Å². The molecule has 1 saturated heterocycles. The van der Waals surface area contributed by atoms with Crippen LogP contribution in [-0.4, -0.2) is 48.8 Å². The monoisotopic (exact) mass is 578 g/mol. The minimum absolute atomic E-state index is 0.115. The second-order valence-corrected chi connectivity index (χ2v) is 10.5. The Kier molecular flexibility index (Phi) is 9.46. The van der Waals surface area contributed by atoms with E-state index in [0.29, 0.717) is 43.0 Å². The maximum atomic E-state index is 13.5. The van der Waals surface area contributed by atoms with Crippen molar-refractivity contribution in [3.8, 4) is 0 Å². The quantitative estimate of drug-likeness (QED) is 0.261. The standard InChI is InChI=1S/C35H35FN4O3/c1-2-30(26-9-5-3-6-10-26)35(43)40-21-19-39(20-22-40)32-18-17-29(38-33(41)27-11-7-4-8-12-27)23-31(32)34(42)37-24-25-13-15-28(36)16-14-25/h3-18,23,30H,2,19-22,24H2,1H3,(H,37,42)(H,38,41)/t30-/m0/s1. The van der Waals surface area contributed by atoms with Gasteiger partial charge in [0.15, 0.2) is 0 Å². The van der Waals surface area contributed by atoms with Crippen LogP contribution in [-0.2, 0) is 11.3 Å². The molecule has 0 unspecified atom stereocenters. The number of anilines is 2. The van der Waals surface area contributed by atoms with Crippen molar-refractivity contribution in [1.29, 1.82) is 0 Å². The van der Waals surface area contributed by atoms with Gasteiger partial charge in [-0.1, -0.05) is 67.6 Å². The van der Waals surface area contributed by atoms with E-state index < -0.39 is 0 Å². The first-order valence-electron chi connectivity index (χ1n) is 14.5. The highest BCUT2D eigenvalue weighted by atomic mass is 19.1. The summed E-state index contributed by atoms with van der Waals surface area (Å²) in [5.74, 6) is -1.01. The summed E-state index contributed by atoms with van der Waals surface area (Å²) in [5.41, 5.74) is 3.91. The van der Waals surface area contributed by atoms with E-state index in [9.17, 15) is 18.8 Å². The molecule has 3 amide bonds. The van der Waals surface area contributed by atoms with Crippen LogP contribution in [0.25, 0.3) is 0 Å². The Bertz CT molecular complexity index is 1550. The molecule has 43 heavy (non-hydrogen) atoms. The lowest BCUT2D eigenvalue weighted by molar-refractivity contribution is -0.133. The Morgan fingerprint density at radius 1 is 0.791 bits per heavy atom. The van der Waals surface area contributed by atoms with E-state index in [0.717, 1.165) is 23.2 Å². The number of rotatable bonds is 9. The van der Waals surface area contributed by atoms with E-state index in [1.54, 1.807) is 48.5 Å². The zero-order valence-electron chi connectivity index (χ0n) is 24.1. The molecule has 1 heterocycles. The first-order valence-corrected chi connectivity index (χ1v) is 14.5. The predicted molar refractivity (Wildman–Crippen MR) is 167 cm³/mol. The Morgan fingerprint density at radius 3 is 2.09 bits per heavy atom. The zero-order chi connectivity index (χ0) is 30.2. The van der Waals surface area contributed by atoms with Crippen LogP contribution in [0.15, 0.2) is 103 Å². The first-order chi connectivity index (χ1) is 20.9. The van der Waals surface area contributed by atoms with E-state index in [4.69, 9.17) is 0 Å². The molecule has 0 spiro atoms. The molecule has 220 valence electrons. The number of carbonyl (C=O) groups is 3. The van der Waals surface area contributed by atoms with Crippen LogP contribution < -0.4 is 15.5 Å². The van der Waals surface area contributed by atoms with E-state index in [1.165, 1.54) is 12.1 Å². The zero-order valence-corrected chi connectivity index (χ0v) is 24.1. The van der Waals surface area contributed by atoms with Crippen LogP contribution in [0.2, 0.25) is 0 Å². The fraction of sp³-hybridized carbons (Fsp3) is 0.229. The Balaban J connectivity index is 1.33. The maximum Gasteiger partial charge on any atom is 0.255 e. The van der Waals surface area contributed by atoms with E-state index >= 15 is 0 Å². The second kappa shape index (κ2) is 13.8. The van der Waals surface area contributed by atoms with Gasteiger partial charge < -0.3 is 20.4 Å². The van der Waals surface area contributed by atoms with Crippen LogP contribution in [0.4, 0.5) is 15.8 Å². The number of benzene rings is 4. The molecule has 1 aliphatic rings. The summed E-state index contributed by atoms with van der Waals surface area (Å²) in [6.07, 6.45) is 0.720. The molecule has 4 aromatic carbocycles. The highest BCUT2D eigenvalue weighted by molar-refractivity contribution is 6.06. The van der Waals surface area contributed by atoms with Gasteiger partial charge in [0.1, 0.15) is 5.82 Å². The molecular formula is C35H35FN4O3. The SMILES string of the molecule is CC[C@H](C(=O)N1CCN(c2ccc(NC(=O)c3ccccc3)cc2C(=O)NCc2ccc(F)cc2)CC1)c1ccccc1. The lowest BCUT2D eigenvalue weighted by Crippen LogP contribution is -2.50. The van der Waals surface area contributed by atoms with Crippen molar-refractivity contribution >= 4 is 29.1 Å². The molecule has 0 aliphatic carbocycles. The van der Waals surface area contributed by atoms with Gasteiger partial charge in [-0.15, -0.1) is 0 Å². The molecule has 8 heteroatoms. The highest BCUT2D eigenvalue weighted by Crippen LogP contribution is 2.28. The number of halogens is 1. The molecular weight excluding hydrogens is 543 g/mol. The van der Waals surface area contributed by atoms with Gasteiger partial charge >= 0.3 is 0 Å². The number of amides is 3.